The highest BCUT2D eigenvalue weighted by atomic mass is 16.5. The lowest BCUT2D eigenvalue weighted by Gasteiger charge is -2.29. The molecule has 162 valence electrons. The number of Topliss-reactive ketones (excluding diaryl/α,β-unsaturated/α-hetero) is 1. The number of nitrogens with one attached hydrogen (secondary N) is 1. The van der Waals surface area contributed by atoms with Crippen LogP contribution in [0.15, 0.2) is 24.3 Å². The molecule has 29 heavy (non-hydrogen) atoms. The van der Waals surface area contributed by atoms with Crippen LogP contribution in [0.4, 0.5) is 0 Å². The van der Waals surface area contributed by atoms with Gasteiger partial charge in [0.15, 0.2) is 5.78 Å². The maximum absolute atomic E-state index is 12.6. The first-order valence-electron chi connectivity index (χ1n) is 9.86. The Hall–Kier alpha value is -2.41. The number of aliphatic carboxylic acids is 1. The van der Waals surface area contributed by atoms with E-state index in [1.807, 2.05) is 13.8 Å². The average molecular weight is 408 g/mol. The van der Waals surface area contributed by atoms with E-state index in [4.69, 9.17) is 4.74 Å². The summed E-state index contributed by atoms with van der Waals surface area (Å²) < 4.78 is 5.57. The summed E-state index contributed by atoms with van der Waals surface area (Å²) in [5.41, 5.74) is -1.06. The molecule has 0 aromatic heterocycles. The van der Waals surface area contributed by atoms with Gasteiger partial charge in [0, 0.05) is 5.56 Å². The van der Waals surface area contributed by atoms with Crippen molar-refractivity contribution in [3.8, 4) is 5.75 Å². The van der Waals surface area contributed by atoms with E-state index in [-0.39, 0.29) is 36.7 Å². The highest BCUT2D eigenvalue weighted by Crippen LogP contribution is 2.28. The topological polar surface area (TPSA) is 113 Å². The lowest BCUT2D eigenvalue weighted by Crippen LogP contribution is -2.43. The van der Waals surface area contributed by atoms with E-state index < -0.39 is 23.4 Å². The quantitative estimate of drug-likeness (QED) is 0.384. The molecule has 1 amide bonds. The van der Waals surface area contributed by atoms with Crippen molar-refractivity contribution in [2.45, 2.75) is 47.1 Å². The van der Waals surface area contributed by atoms with Gasteiger partial charge in [-0.3, -0.25) is 14.4 Å². The zero-order valence-corrected chi connectivity index (χ0v) is 18.1. The molecule has 7 nitrogen and oxygen atoms in total. The van der Waals surface area contributed by atoms with Crippen LogP contribution in [0.2, 0.25) is 0 Å². The number of aliphatic hydroxyl groups is 1. The van der Waals surface area contributed by atoms with Crippen LogP contribution in [-0.2, 0) is 9.59 Å². The van der Waals surface area contributed by atoms with E-state index in [2.05, 4.69) is 5.32 Å². The molecule has 3 N–H and O–H groups in total. The van der Waals surface area contributed by atoms with Crippen LogP contribution in [0.5, 0.6) is 5.75 Å². The zero-order chi connectivity index (χ0) is 22.4. The number of hydrogen-bond acceptors (Lipinski definition) is 5. The summed E-state index contributed by atoms with van der Waals surface area (Å²) in [4.78, 5) is 36.2. The van der Waals surface area contributed by atoms with Crippen molar-refractivity contribution in [3.63, 3.8) is 0 Å². The number of ketones is 1. The Labute approximate surface area is 172 Å². The van der Waals surface area contributed by atoms with Crippen molar-refractivity contribution in [3.05, 3.63) is 29.8 Å². The minimum absolute atomic E-state index is 0.111. The number of benzene rings is 1. The molecule has 1 aromatic rings. The highest BCUT2D eigenvalue weighted by Gasteiger charge is 2.37. The molecule has 0 bridgehead atoms. The minimum Gasteiger partial charge on any atom is -0.492 e. The van der Waals surface area contributed by atoms with Crippen molar-refractivity contribution in [2.75, 3.05) is 13.2 Å². The fraction of sp³-hybridized carbons (Fsp3) is 0.591. The summed E-state index contributed by atoms with van der Waals surface area (Å²) in [6.45, 7) is 10.6. The molecule has 1 aromatic carbocycles. The van der Waals surface area contributed by atoms with E-state index in [0.29, 0.717) is 11.3 Å². The maximum Gasteiger partial charge on any atom is 0.307 e. The largest absolute Gasteiger partial charge is 0.492 e. The molecule has 0 aliphatic rings. The predicted molar refractivity (Wildman–Crippen MR) is 110 cm³/mol. The molecule has 2 atom stereocenters. The van der Waals surface area contributed by atoms with Crippen LogP contribution in [0.1, 0.15) is 51.9 Å². The average Bonchev–Trinajstić information content (AvgIpc) is 2.61. The second kappa shape index (κ2) is 10.4. The molecule has 0 heterocycles. The molecule has 0 radical (unpaired) electrons. The molecule has 0 saturated heterocycles. The Balaban J connectivity index is 2.61. The number of carbonyl (C=O) groups excluding carboxylic acids is 2. The lowest BCUT2D eigenvalue weighted by molar-refractivity contribution is -0.150. The third-order valence-electron chi connectivity index (χ3n) is 4.75. The third kappa shape index (κ3) is 7.16. The van der Waals surface area contributed by atoms with Gasteiger partial charge in [0.25, 0.3) is 0 Å². The molecule has 2 unspecified atom stereocenters. The molecular weight excluding hydrogens is 374 g/mol. The van der Waals surface area contributed by atoms with Gasteiger partial charge in [0.1, 0.15) is 18.0 Å². The number of carbonyl (C=O) groups is 3. The summed E-state index contributed by atoms with van der Waals surface area (Å²) in [6, 6.07) is 6.39. The summed E-state index contributed by atoms with van der Waals surface area (Å²) >= 11 is 0. The maximum atomic E-state index is 12.6. The van der Waals surface area contributed by atoms with E-state index in [1.165, 1.54) is 13.8 Å². The van der Waals surface area contributed by atoms with Gasteiger partial charge in [-0.25, -0.2) is 0 Å². The first kappa shape index (κ1) is 24.6. The third-order valence-corrected chi connectivity index (χ3v) is 4.75. The molecule has 1 rings (SSSR count). The van der Waals surface area contributed by atoms with Gasteiger partial charge in [-0.2, -0.15) is 0 Å². The minimum atomic E-state index is -1.44. The molecule has 0 aliphatic heterocycles. The van der Waals surface area contributed by atoms with E-state index >= 15 is 0 Å². The second-order valence-corrected chi connectivity index (χ2v) is 8.43. The Bertz CT molecular complexity index is 703. The van der Waals surface area contributed by atoms with Crippen LogP contribution in [-0.4, -0.2) is 46.6 Å². The summed E-state index contributed by atoms with van der Waals surface area (Å²) in [7, 11) is 0. The van der Waals surface area contributed by atoms with Crippen LogP contribution >= 0.6 is 0 Å². The number of ether oxygens (including phenoxy) is 1. The van der Waals surface area contributed by atoms with Gasteiger partial charge in [0.2, 0.25) is 5.91 Å². The molecule has 0 spiro atoms. The number of carboxylic acid groups (broad SMARTS) is 1. The highest BCUT2D eigenvalue weighted by molar-refractivity contribution is 6.01. The second-order valence-electron chi connectivity index (χ2n) is 8.43. The van der Waals surface area contributed by atoms with Crippen molar-refractivity contribution in [2.24, 2.45) is 23.7 Å². The van der Waals surface area contributed by atoms with Crippen molar-refractivity contribution >= 4 is 17.7 Å². The fourth-order valence-corrected chi connectivity index (χ4v) is 3.25. The zero-order valence-electron chi connectivity index (χ0n) is 18.1. The van der Waals surface area contributed by atoms with Crippen molar-refractivity contribution in [1.82, 2.24) is 5.32 Å². The summed E-state index contributed by atoms with van der Waals surface area (Å²) in [5.74, 6) is -2.77. The monoisotopic (exact) mass is 407 g/mol. The van der Waals surface area contributed by atoms with Gasteiger partial charge < -0.3 is 20.3 Å². The molecule has 7 heteroatoms. The van der Waals surface area contributed by atoms with Crippen molar-refractivity contribution in [1.29, 1.82) is 0 Å². The molecule has 0 saturated carbocycles. The SMILES string of the molecule is CC(C)C(C(=O)O)C(C(=O)NCCOc1ccc(C(=O)C(C)(C)O)cc1)C(C)C. The van der Waals surface area contributed by atoms with Gasteiger partial charge >= 0.3 is 5.97 Å². The number of carboxylic acids is 1. The molecular formula is C22H33NO6. The lowest BCUT2D eigenvalue weighted by atomic mass is 9.76. The molecule has 0 fully saturated rings. The van der Waals surface area contributed by atoms with E-state index in [0.717, 1.165) is 0 Å². The van der Waals surface area contributed by atoms with Gasteiger partial charge in [0.05, 0.1) is 18.4 Å². The van der Waals surface area contributed by atoms with E-state index in [9.17, 15) is 24.6 Å². The molecule has 0 aliphatic carbocycles. The summed E-state index contributed by atoms with van der Waals surface area (Å²) in [5, 5.41) is 22.0. The van der Waals surface area contributed by atoms with Gasteiger partial charge in [-0.1, -0.05) is 27.7 Å². The van der Waals surface area contributed by atoms with Crippen LogP contribution in [0.3, 0.4) is 0 Å². The predicted octanol–water partition coefficient (Wildman–Crippen LogP) is 2.76. The smallest absolute Gasteiger partial charge is 0.307 e. The number of hydrogen-bond donors (Lipinski definition) is 3. The van der Waals surface area contributed by atoms with Crippen molar-refractivity contribution < 1.29 is 29.3 Å². The Morgan fingerprint density at radius 1 is 1.00 bits per heavy atom. The van der Waals surface area contributed by atoms with Crippen LogP contribution < -0.4 is 10.1 Å². The standard InChI is InChI=1S/C22H33NO6/c1-13(2)17(18(14(3)4)21(26)27)20(25)23-11-12-29-16-9-7-15(8-10-16)19(24)22(5,6)28/h7-10,13-14,17-18,28H,11-12H2,1-6H3,(H,23,25)(H,26,27). The Kier molecular flexibility index (Phi) is 8.82. The van der Waals surface area contributed by atoms with Gasteiger partial charge in [-0.15, -0.1) is 0 Å². The van der Waals surface area contributed by atoms with Crippen LogP contribution in [0, 0.1) is 23.7 Å². The van der Waals surface area contributed by atoms with E-state index in [1.54, 1.807) is 38.1 Å². The fourth-order valence-electron chi connectivity index (χ4n) is 3.25. The number of amides is 1. The normalized spacial score (nSPS) is 13.8. The van der Waals surface area contributed by atoms with Crippen LogP contribution in [0.25, 0.3) is 0 Å². The summed E-state index contributed by atoms with van der Waals surface area (Å²) in [6.07, 6.45) is 0. The first-order chi connectivity index (χ1) is 13.4. The van der Waals surface area contributed by atoms with Gasteiger partial charge in [-0.05, 0) is 49.9 Å². The first-order valence-corrected chi connectivity index (χ1v) is 9.86. The Morgan fingerprint density at radius 2 is 1.52 bits per heavy atom. The Morgan fingerprint density at radius 3 is 1.93 bits per heavy atom. The number of rotatable bonds is 11.